The van der Waals surface area contributed by atoms with E-state index in [1.54, 1.807) is 0 Å². The molecule has 5 heteroatoms. The maximum absolute atomic E-state index is 11.4. The van der Waals surface area contributed by atoms with Gasteiger partial charge >= 0.3 is 5.97 Å². The summed E-state index contributed by atoms with van der Waals surface area (Å²) >= 11 is 5.94. The Labute approximate surface area is 98.3 Å². The minimum atomic E-state index is -0.597. The number of benzene rings is 1. The van der Waals surface area contributed by atoms with Crippen molar-refractivity contribution in [3.63, 3.8) is 0 Å². The van der Waals surface area contributed by atoms with Gasteiger partial charge in [-0.2, -0.15) is 0 Å². The van der Waals surface area contributed by atoms with Gasteiger partial charge < -0.3 is 15.2 Å². The van der Waals surface area contributed by atoms with Crippen molar-refractivity contribution in [2.45, 2.75) is 0 Å². The minimum absolute atomic E-state index is 0.0904. The summed E-state index contributed by atoms with van der Waals surface area (Å²) in [6.45, 7) is 0. The van der Waals surface area contributed by atoms with Crippen LogP contribution in [0.4, 0.5) is 5.69 Å². The lowest BCUT2D eigenvalue weighted by Crippen LogP contribution is -2.06. The van der Waals surface area contributed by atoms with Crippen molar-refractivity contribution in [2.75, 3.05) is 20.0 Å². The number of esters is 1. The Hall–Kier alpha value is -1.86. The Morgan fingerprint density at radius 1 is 1.56 bits per heavy atom. The monoisotopic (exact) mass is 239 g/mol. The molecule has 0 saturated carbocycles. The largest absolute Gasteiger partial charge is 0.495 e. The van der Waals surface area contributed by atoms with Gasteiger partial charge in [0, 0.05) is 0 Å². The van der Waals surface area contributed by atoms with Crippen molar-refractivity contribution in [1.29, 1.82) is 0 Å². The number of hydrogen-bond acceptors (Lipinski definition) is 4. The molecule has 0 amide bonds. The van der Waals surface area contributed by atoms with Crippen molar-refractivity contribution in [1.82, 2.24) is 0 Å². The van der Waals surface area contributed by atoms with Gasteiger partial charge in [-0.3, -0.25) is 0 Å². The number of carbonyl (C=O) groups excluding carboxylic acids is 1. The zero-order valence-electron chi connectivity index (χ0n) is 8.83. The number of methoxy groups -OCH3 is 2. The highest BCUT2D eigenvalue weighted by Crippen LogP contribution is 2.34. The lowest BCUT2D eigenvalue weighted by Gasteiger charge is -2.11. The Morgan fingerprint density at radius 2 is 2.19 bits per heavy atom. The van der Waals surface area contributed by atoms with Crippen molar-refractivity contribution in [3.8, 4) is 18.1 Å². The van der Waals surface area contributed by atoms with Gasteiger partial charge in [-0.05, 0) is 6.07 Å². The normalized spacial score (nSPS) is 9.38. The van der Waals surface area contributed by atoms with Crippen LogP contribution in [0.15, 0.2) is 6.07 Å². The zero-order valence-corrected chi connectivity index (χ0v) is 9.59. The number of anilines is 1. The molecular formula is C11H10ClNO3. The van der Waals surface area contributed by atoms with Crippen LogP contribution in [-0.2, 0) is 4.74 Å². The van der Waals surface area contributed by atoms with E-state index < -0.39 is 5.97 Å². The second kappa shape index (κ2) is 4.77. The fourth-order valence-corrected chi connectivity index (χ4v) is 1.50. The van der Waals surface area contributed by atoms with Crippen LogP contribution in [0, 0.1) is 12.3 Å². The molecule has 1 aromatic carbocycles. The van der Waals surface area contributed by atoms with Crippen LogP contribution in [0.3, 0.4) is 0 Å². The predicted molar refractivity (Wildman–Crippen MR) is 61.7 cm³/mol. The highest BCUT2D eigenvalue weighted by Gasteiger charge is 2.19. The van der Waals surface area contributed by atoms with Gasteiger partial charge in [-0.1, -0.05) is 17.5 Å². The van der Waals surface area contributed by atoms with E-state index in [0.717, 1.165) is 0 Å². The number of hydrogen-bond donors (Lipinski definition) is 1. The molecule has 0 heterocycles. The van der Waals surface area contributed by atoms with Crippen LogP contribution < -0.4 is 10.5 Å². The first-order chi connectivity index (χ1) is 7.56. The highest BCUT2D eigenvalue weighted by molar-refractivity contribution is 6.35. The number of halogens is 1. The Balaban J connectivity index is 3.54. The average molecular weight is 240 g/mol. The zero-order chi connectivity index (χ0) is 12.3. The van der Waals surface area contributed by atoms with Crippen LogP contribution in [0.5, 0.6) is 5.75 Å². The Bertz CT molecular complexity index is 477. The molecule has 1 rings (SSSR count). The summed E-state index contributed by atoms with van der Waals surface area (Å²) in [5.41, 5.74) is 6.29. The van der Waals surface area contributed by atoms with Gasteiger partial charge in [0.2, 0.25) is 0 Å². The number of ether oxygens (including phenoxy) is 2. The molecular weight excluding hydrogens is 230 g/mol. The third kappa shape index (κ3) is 1.90. The summed E-state index contributed by atoms with van der Waals surface area (Å²) in [4.78, 5) is 11.4. The molecule has 0 radical (unpaired) electrons. The molecule has 0 aromatic heterocycles. The maximum Gasteiger partial charge on any atom is 0.339 e. The molecule has 0 aliphatic carbocycles. The van der Waals surface area contributed by atoms with Gasteiger partial charge in [-0.25, -0.2) is 4.79 Å². The van der Waals surface area contributed by atoms with E-state index >= 15 is 0 Å². The molecule has 0 bridgehead atoms. The molecule has 2 N–H and O–H groups in total. The first-order valence-electron chi connectivity index (χ1n) is 4.27. The number of nitrogens with two attached hydrogens (primary N) is 1. The molecule has 0 unspecified atom stereocenters. The predicted octanol–water partition coefficient (Wildman–Crippen LogP) is 1.70. The lowest BCUT2D eigenvalue weighted by atomic mass is 10.1. The molecule has 0 spiro atoms. The first kappa shape index (κ1) is 12.2. The molecule has 16 heavy (non-hydrogen) atoms. The third-order valence-corrected chi connectivity index (χ3v) is 2.43. The van der Waals surface area contributed by atoms with E-state index in [-0.39, 0.29) is 27.6 Å². The summed E-state index contributed by atoms with van der Waals surface area (Å²) in [5, 5.41) is 0.0904. The molecule has 0 aliphatic heterocycles. The summed E-state index contributed by atoms with van der Waals surface area (Å²) in [6.07, 6.45) is 5.26. The van der Waals surface area contributed by atoms with E-state index in [0.29, 0.717) is 0 Å². The van der Waals surface area contributed by atoms with E-state index in [2.05, 4.69) is 10.7 Å². The van der Waals surface area contributed by atoms with E-state index in [1.165, 1.54) is 20.3 Å². The smallest absolute Gasteiger partial charge is 0.339 e. The molecule has 0 aliphatic rings. The van der Waals surface area contributed by atoms with Gasteiger partial charge in [0.25, 0.3) is 0 Å². The Kier molecular flexibility index (Phi) is 3.64. The second-order valence-corrected chi connectivity index (χ2v) is 3.24. The van der Waals surface area contributed by atoms with Gasteiger partial charge in [0.15, 0.2) is 0 Å². The fraction of sp³-hybridized carbons (Fsp3) is 0.182. The molecule has 1 aromatic rings. The second-order valence-electron chi connectivity index (χ2n) is 2.86. The molecule has 0 atom stereocenters. The van der Waals surface area contributed by atoms with Crippen molar-refractivity contribution < 1.29 is 14.3 Å². The van der Waals surface area contributed by atoms with Crippen LogP contribution in [0.1, 0.15) is 15.9 Å². The van der Waals surface area contributed by atoms with Crippen LogP contribution in [-0.4, -0.2) is 20.2 Å². The average Bonchev–Trinajstić information content (AvgIpc) is 2.29. The third-order valence-electron chi connectivity index (χ3n) is 2.04. The lowest BCUT2D eigenvalue weighted by molar-refractivity contribution is 0.0600. The van der Waals surface area contributed by atoms with Crippen molar-refractivity contribution in [2.24, 2.45) is 0 Å². The number of rotatable bonds is 2. The maximum atomic E-state index is 11.4. The Morgan fingerprint density at radius 3 is 2.62 bits per heavy atom. The van der Waals surface area contributed by atoms with Gasteiger partial charge in [-0.15, -0.1) is 6.42 Å². The quantitative estimate of drug-likeness (QED) is 0.485. The summed E-state index contributed by atoms with van der Waals surface area (Å²) in [5.74, 6) is 2.01. The highest BCUT2D eigenvalue weighted by atomic mass is 35.5. The van der Waals surface area contributed by atoms with E-state index in [1.807, 2.05) is 0 Å². The summed E-state index contributed by atoms with van der Waals surface area (Å²) < 4.78 is 9.56. The van der Waals surface area contributed by atoms with Crippen LogP contribution in [0.25, 0.3) is 0 Å². The molecule has 84 valence electrons. The molecule has 4 nitrogen and oxygen atoms in total. The fourth-order valence-electron chi connectivity index (χ4n) is 1.22. The van der Waals surface area contributed by atoms with Gasteiger partial charge in [0.05, 0.1) is 36.1 Å². The topological polar surface area (TPSA) is 61.5 Å². The minimum Gasteiger partial charge on any atom is -0.495 e. The van der Waals surface area contributed by atoms with Crippen molar-refractivity contribution in [3.05, 3.63) is 22.2 Å². The molecule has 0 fully saturated rings. The van der Waals surface area contributed by atoms with Crippen LogP contribution >= 0.6 is 11.6 Å². The van der Waals surface area contributed by atoms with Crippen molar-refractivity contribution >= 4 is 23.3 Å². The summed E-state index contributed by atoms with van der Waals surface area (Å²) in [7, 11) is 2.66. The first-order valence-corrected chi connectivity index (χ1v) is 4.65. The number of terminal acetylenes is 1. The van der Waals surface area contributed by atoms with E-state index in [4.69, 9.17) is 28.5 Å². The number of carbonyl (C=O) groups is 1. The molecule has 0 saturated heterocycles. The standard InChI is InChI=1S/C11H10ClNO3/c1-4-6-9(12)7(11(14)16-3)5-8(15-2)10(6)13/h1,5H,13H2,2-3H3. The SMILES string of the molecule is C#Cc1c(N)c(OC)cc(C(=O)OC)c1Cl. The van der Waals surface area contributed by atoms with E-state index in [9.17, 15) is 4.79 Å². The van der Waals surface area contributed by atoms with Gasteiger partial charge in [0.1, 0.15) is 5.75 Å². The summed E-state index contributed by atoms with van der Waals surface area (Å²) in [6, 6.07) is 1.39. The number of nitrogen functional groups attached to an aromatic ring is 1. The van der Waals surface area contributed by atoms with Crippen LogP contribution in [0.2, 0.25) is 5.02 Å².